The fraction of sp³-hybridized carbons (Fsp3) is 0.188. The number of aryl methyl sites for hydroxylation is 3. The Kier molecular flexibility index (Phi) is 4.86. The van der Waals surface area contributed by atoms with E-state index in [1.807, 2.05) is 0 Å². The summed E-state index contributed by atoms with van der Waals surface area (Å²) >= 11 is 0. The Balaban J connectivity index is 1.81. The molecular formula is C16H17N7O3S. The molecule has 2 aromatic heterocycles. The monoisotopic (exact) mass is 387 g/mol. The number of H-pyrrole nitrogens is 1. The van der Waals surface area contributed by atoms with Crippen molar-refractivity contribution in [1.82, 2.24) is 25.1 Å². The maximum absolute atomic E-state index is 12.5. The number of sulfonamides is 1. The van der Waals surface area contributed by atoms with Gasteiger partial charge in [0, 0.05) is 17.1 Å². The molecule has 0 aliphatic rings. The van der Waals surface area contributed by atoms with Gasteiger partial charge in [0.2, 0.25) is 5.95 Å². The van der Waals surface area contributed by atoms with Gasteiger partial charge < -0.3 is 5.32 Å². The van der Waals surface area contributed by atoms with Crippen molar-refractivity contribution in [2.24, 2.45) is 0 Å². The normalized spacial score (nSPS) is 11.2. The van der Waals surface area contributed by atoms with E-state index in [-0.39, 0.29) is 16.7 Å². The average Bonchev–Trinajstić information content (AvgIpc) is 2.57. The lowest BCUT2D eigenvalue weighted by Gasteiger charge is -2.10. The number of rotatable bonds is 5. The van der Waals surface area contributed by atoms with Crippen molar-refractivity contribution >= 4 is 27.5 Å². The summed E-state index contributed by atoms with van der Waals surface area (Å²) < 4.78 is 27.4. The van der Waals surface area contributed by atoms with Crippen LogP contribution in [0.1, 0.15) is 17.1 Å². The van der Waals surface area contributed by atoms with E-state index in [0.717, 1.165) is 0 Å². The van der Waals surface area contributed by atoms with Gasteiger partial charge in [0.05, 0.1) is 4.90 Å². The Bertz CT molecular complexity index is 1120. The molecule has 0 atom stereocenters. The number of anilines is 3. The summed E-state index contributed by atoms with van der Waals surface area (Å²) in [5, 5.41) is 8.96. The molecule has 0 aliphatic carbocycles. The molecule has 3 rings (SSSR count). The Morgan fingerprint density at radius 3 is 2.22 bits per heavy atom. The van der Waals surface area contributed by atoms with Gasteiger partial charge >= 0.3 is 5.69 Å². The van der Waals surface area contributed by atoms with E-state index in [4.69, 9.17) is 0 Å². The summed E-state index contributed by atoms with van der Waals surface area (Å²) in [6, 6.07) is 7.70. The molecule has 0 saturated carbocycles. The average molecular weight is 387 g/mol. The molecule has 0 spiro atoms. The minimum Gasteiger partial charge on any atom is -0.338 e. The number of nitrogens with one attached hydrogen (secondary N) is 3. The van der Waals surface area contributed by atoms with E-state index in [1.54, 1.807) is 39.0 Å². The first kappa shape index (κ1) is 18.5. The smallest absolute Gasteiger partial charge is 0.338 e. The van der Waals surface area contributed by atoms with E-state index in [0.29, 0.717) is 22.8 Å². The van der Waals surface area contributed by atoms with Crippen LogP contribution in [-0.2, 0) is 10.0 Å². The highest BCUT2D eigenvalue weighted by Gasteiger charge is 2.16. The van der Waals surface area contributed by atoms with E-state index in [9.17, 15) is 13.2 Å². The van der Waals surface area contributed by atoms with Gasteiger partial charge in [0.15, 0.2) is 5.82 Å². The summed E-state index contributed by atoms with van der Waals surface area (Å²) in [6.45, 7) is 5.19. The SMILES string of the molecule is Cc1cc(C)nc(NS(=O)(=O)c2ccc(Nc3nc(=O)[nH]nc3C)cc2)n1. The zero-order valence-corrected chi connectivity index (χ0v) is 15.6. The molecule has 0 fully saturated rings. The van der Waals surface area contributed by atoms with Crippen LogP contribution in [0, 0.1) is 20.8 Å². The predicted molar refractivity (Wildman–Crippen MR) is 99.4 cm³/mol. The second kappa shape index (κ2) is 7.11. The third-order valence-corrected chi connectivity index (χ3v) is 4.85. The van der Waals surface area contributed by atoms with Crippen molar-refractivity contribution in [2.45, 2.75) is 25.7 Å². The molecule has 0 saturated heterocycles. The molecule has 1 aromatic carbocycles. The summed E-state index contributed by atoms with van der Waals surface area (Å²) in [5.41, 5.74) is 1.79. The quantitative estimate of drug-likeness (QED) is 0.596. The van der Waals surface area contributed by atoms with Crippen LogP contribution in [0.4, 0.5) is 17.5 Å². The first-order valence-corrected chi connectivity index (χ1v) is 9.37. The number of aromatic amines is 1. The van der Waals surface area contributed by atoms with Crippen molar-refractivity contribution in [3.8, 4) is 0 Å². The molecule has 3 aromatic rings. The maximum Gasteiger partial charge on any atom is 0.363 e. The molecular weight excluding hydrogens is 370 g/mol. The Morgan fingerprint density at radius 1 is 0.963 bits per heavy atom. The molecule has 0 amide bonds. The van der Waals surface area contributed by atoms with Gasteiger partial charge in [0.1, 0.15) is 5.69 Å². The molecule has 10 nitrogen and oxygen atoms in total. The predicted octanol–water partition coefficient (Wildman–Crippen LogP) is 1.42. The Labute approximate surface area is 155 Å². The molecule has 27 heavy (non-hydrogen) atoms. The van der Waals surface area contributed by atoms with Gasteiger partial charge in [0.25, 0.3) is 10.0 Å². The highest BCUT2D eigenvalue weighted by molar-refractivity contribution is 7.92. The molecule has 2 heterocycles. The van der Waals surface area contributed by atoms with E-state index >= 15 is 0 Å². The maximum atomic E-state index is 12.5. The van der Waals surface area contributed by atoms with Crippen molar-refractivity contribution < 1.29 is 8.42 Å². The number of aromatic nitrogens is 5. The largest absolute Gasteiger partial charge is 0.363 e. The molecule has 0 unspecified atom stereocenters. The lowest BCUT2D eigenvalue weighted by atomic mass is 10.3. The second-order valence-electron chi connectivity index (χ2n) is 5.80. The molecule has 3 N–H and O–H groups in total. The van der Waals surface area contributed by atoms with Gasteiger partial charge in [-0.05, 0) is 51.1 Å². The van der Waals surface area contributed by atoms with E-state index < -0.39 is 15.7 Å². The van der Waals surface area contributed by atoms with Crippen LogP contribution in [0.3, 0.4) is 0 Å². The standard InChI is InChI=1S/C16H17N7O3S/c1-9-8-10(2)18-15(17-9)23-27(25,26)13-6-4-12(5-7-13)19-14-11(3)21-22-16(24)20-14/h4-8H,1-3H3,(H,17,18,23)(H2,19,20,22,24). The number of nitrogens with zero attached hydrogens (tertiary/aromatic N) is 4. The van der Waals surface area contributed by atoms with Gasteiger partial charge in [-0.15, -0.1) is 0 Å². The van der Waals surface area contributed by atoms with Crippen LogP contribution in [0.15, 0.2) is 40.0 Å². The molecule has 0 radical (unpaired) electrons. The highest BCUT2D eigenvalue weighted by Crippen LogP contribution is 2.19. The summed E-state index contributed by atoms with van der Waals surface area (Å²) in [5.74, 6) is 0.306. The summed E-state index contributed by atoms with van der Waals surface area (Å²) in [7, 11) is -3.84. The Morgan fingerprint density at radius 2 is 1.59 bits per heavy atom. The number of hydrogen-bond acceptors (Lipinski definition) is 8. The van der Waals surface area contributed by atoms with Crippen molar-refractivity contribution in [2.75, 3.05) is 10.0 Å². The van der Waals surface area contributed by atoms with Gasteiger partial charge in [-0.3, -0.25) is 0 Å². The van der Waals surface area contributed by atoms with Crippen LogP contribution in [0.2, 0.25) is 0 Å². The van der Waals surface area contributed by atoms with Crippen LogP contribution in [0.25, 0.3) is 0 Å². The third kappa shape index (κ3) is 4.44. The first-order chi connectivity index (χ1) is 12.7. The topological polar surface area (TPSA) is 143 Å². The van der Waals surface area contributed by atoms with Crippen LogP contribution in [-0.4, -0.2) is 33.6 Å². The van der Waals surface area contributed by atoms with E-state index in [2.05, 4.69) is 35.2 Å². The first-order valence-electron chi connectivity index (χ1n) is 7.88. The van der Waals surface area contributed by atoms with Crippen LogP contribution >= 0.6 is 0 Å². The van der Waals surface area contributed by atoms with Crippen molar-refractivity contribution in [1.29, 1.82) is 0 Å². The lowest BCUT2D eigenvalue weighted by Crippen LogP contribution is -2.16. The van der Waals surface area contributed by atoms with Gasteiger partial charge in [-0.25, -0.2) is 33.0 Å². The molecule has 0 aliphatic heterocycles. The second-order valence-corrected chi connectivity index (χ2v) is 7.49. The van der Waals surface area contributed by atoms with Crippen LogP contribution in [0.5, 0.6) is 0 Å². The fourth-order valence-electron chi connectivity index (χ4n) is 2.32. The highest BCUT2D eigenvalue weighted by atomic mass is 32.2. The lowest BCUT2D eigenvalue weighted by molar-refractivity contribution is 0.601. The minimum absolute atomic E-state index is 0.0177. The van der Waals surface area contributed by atoms with Crippen molar-refractivity contribution in [3.05, 3.63) is 57.9 Å². The van der Waals surface area contributed by atoms with Crippen LogP contribution < -0.4 is 15.7 Å². The van der Waals surface area contributed by atoms with Gasteiger partial charge in [-0.2, -0.15) is 10.1 Å². The zero-order valence-electron chi connectivity index (χ0n) is 14.8. The van der Waals surface area contributed by atoms with Crippen molar-refractivity contribution in [3.63, 3.8) is 0 Å². The molecule has 0 bridgehead atoms. The summed E-state index contributed by atoms with van der Waals surface area (Å²) in [4.78, 5) is 23.2. The van der Waals surface area contributed by atoms with E-state index in [1.165, 1.54) is 12.1 Å². The van der Waals surface area contributed by atoms with Gasteiger partial charge in [-0.1, -0.05) is 0 Å². The number of benzene rings is 1. The minimum atomic E-state index is -3.84. The molecule has 11 heteroatoms. The Hall–Kier alpha value is -3.34. The zero-order chi connectivity index (χ0) is 19.6. The third-order valence-electron chi connectivity index (χ3n) is 3.51. The molecule has 140 valence electrons. The number of hydrogen-bond donors (Lipinski definition) is 3. The summed E-state index contributed by atoms with van der Waals surface area (Å²) in [6.07, 6.45) is 0. The fourth-order valence-corrected chi connectivity index (χ4v) is 3.26.